The van der Waals surface area contributed by atoms with E-state index in [1.807, 2.05) is 0 Å². The molecule has 36 heavy (non-hydrogen) atoms. The summed E-state index contributed by atoms with van der Waals surface area (Å²) in [6, 6.07) is 21.4. The number of ketones is 1. The quantitative estimate of drug-likeness (QED) is 0.397. The van der Waals surface area contributed by atoms with E-state index in [4.69, 9.17) is 9.16 Å². The molecule has 2 aromatic carbocycles. The molecule has 3 aliphatic rings. The van der Waals surface area contributed by atoms with Crippen molar-refractivity contribution in [3.8, 4) is 0 Å². The van der Waals surface area contributed by atoms with E-state index in [9.17, 15) is 4.79 Å². The molecule has 0 bridgehead atoms. The number of allylic oxidation sites excluding steroid dienone is 4. The summed E-state index contributed by atoms with van der Waals surface area (Å²) in [5.41, 5.74) is 0.924. The first-order valence-electron chi connectivity index (χ1n) is 13.1. The SMILES string of the molecule is CC1=CC=C[C@@]2(C)C3C=C[C@@H](CO[Si](c4ccccc4)(c4ccccc4)C(C)(C)C)OC3CC(=O)[C@@H]12. The molecule has 1 saturated carbocycles. The highest BCUT2D eigenvalue weighted by Crippen LogP contribution is 2.52. The average Bonchev–Trinajstić information content (AvgIpc) is 2.84. The Morgan fingerprint density at radius 2 is 1.61 bits per heavy atom. The van der Waals surface area contributed by atoms with Crippen molar-refractivity contribution < 1.29 is 14.0 Å². The topological polar surface area (TPSA) is 35.5 Å². The Kier molecular flexibility index (Phi) is 6.56. The minimum atomic E-state index is -2.64. The average molecular weight is 499 g/mol. The third-order valence-corrected chi connectivity index (χ3v) is 13.5. The highest BCUT2D eigenvalue weighted by molar-refractivity contribution is 6.99. The predicted molar refractivity (Wildman–Crippen MR) is 149 cm³/mol. The Balaban J connectivity index is 1.45. The summed E-state index contributed by atoms with van der Waals surface area (Å²) in [5.74, 6) is 0.421. The molecule has 0 amide bonds. The van der Waals surface area contributed by atoms with E-state index in [1.165, 1.54) is 10.4 Å². The van der Waals surface area contributed by atoms with E-state index in [0.29, 0.717) is 18.8 Å². The van der Waals surface area contributed by atoms with E-state index in [2.05, 4.69) is 126 Å². The number of rotatable bonds is 5. The molecule has 3 nitrogen and oxygen atoms in total. The Morgan fingerprint density at radius 1 is 1.00 bits per heavy atom. The van der Waals surface area contributed by atoms with Crippen LogP contribution in [0, 0.1) is 17.3 Å². The number of Topliss-reactive ketones (excluding diaryl/α,β-unsaturated/α-hetero) is 1. The zero-order valence-electron chi connectivity index (χ0n) is 22.1. The molecule has 2 aromatic rings. The van der Waals surface area contributed by atoms with Gasteiger partial charge < -0.3 is 9.16 Å². The van der Waals surface area contributed by atoms with Crippen LogP contribution in [0.4, 0.5) is 0 Å². The Morgan fingerprint density at radius 3 is 2.19 bits per heavy atom. The van der Waals surface area contributed by atoms with Crippen molar-refractivity contribution in [1.82, 2.24) is 0 Å². The molecule has 0 saturated heterocycles. The summed E-state index contributed by atoms with van der Waals surface area (Å²) in [5, 5.41) is 2.44. The molecule has 2 unspecified atom stereocenters. The normalized spacial score (nSPS) is 29.9. The minimum absolute atomic E-state index is 0.0538. The molecule has 4 heteroatoms. The summed E-state index contributed by atoms with van der Waals surface area (Å²) in [7, 11) is -2.64. The molecule has 188 valence electrons. The van der Waals surface area contributed by atoms with Crippen LogP contribution in [-0.4, -0.2) is 32.9 Å². The Hall–Kier alpha value is -2.53. The predicted octanol–water partition coefficient (Wildman–Crippen LogP) is 5.61. The van der Waals surface area contributed by atoms with Crippen LogP contribution in [0.1, 0.15) is 41.0 Å². The summed E-state index contributed by atoms with van der Waals surface area (Å²) >= 11 is 0. The molecule has 0 spiro atoms. The van der Waals surface area contributed by atoms with Gasteiger partial charge in [-0.1, -0.05) is 124 Å². The first-order chi connectivity index (χ1) is 17.2. The van der Waals surface area contributed by atoms with Crippen LogP contribution in [0.5, 0.6) is 0 Å². The summed E-state index contributed by atoms with van der Waals surface area (Å²) in [4.78, 5) is 13.2. The monoisotopic (exact) mass is 498 g/mol. The number of hydrogen-bond acceptors (Lipinski definition) is 3. The third kappa shape index (κ3) is 4.09. The molecular formula is C32H38O3Si. The fourth-order valence-electron chi connectivity index (χ4n) is 6.88. The van der Waals surface area contributed by atoms with Gasteiger partial charge in [-0.2, -0.15) is 0 Å². The number of hydrogen-bond donors (Lipinski definition) is 0. The fraction of sp³-hybridized carbons (Fsp3) is 0.406. The van der Waals surface area contributed by atoms with Crippen molar-refractivity contribution in [3.05, 3.63) is 96.6 Å². The van der Waals surface area contributed by atoms with Gasteiger partial charge >= 0.3 is 0 Å². The lowest BCUT2D eigenvalue weighted by atomic mass is 9.56. The first-order valence-corrected chi connectivity index (χ1v) is 15.1. The van der Waals surface area contributed by atoms with Crippen LogP contribution >= 0.6 is 0 Å². The largest absolute Gasteiger partial charge is 0.404 e. The first kappa shape index (κ1) is 25.1. The van der Waals surface area contributed by atoms with Crippen molar-refractivity contribution >= 4 is 24.5 Å². The van der Waals surface area contributed by atoms with E-state index in [-0.39, 0.29) is 34.5 Å². The molecule has 0 radical (unpaired) electrons. The zero-order chi connectivity index (χ0) is 25.6. The van der Waals surface area contributed by atoms with Crippen LogP contribution in [0.2, 0.25) is 5.04 Å². The maximum atomic E-state index is 13.2. The van der Waals surface area contributed by atoms with Gasteiger partial charge in [0.2, 0.25) is 0 Å². The summed E-state index contributed by atoms with van der Waals surface area (Å²) in [6.45, 7) is 11.6. The molecular weight excluding hydrogens is 460 g/mol. The van der Waals surface area contributed by atoms with Gasteiger partial charge in [0, 0.05) is 23.7 Å². The lowest BCUT2D eigenvalue weighted by Gasteiger charge is -2.51. The molecule has 1 aliphatic heterocycles. The highest BCUT2D eigenvalue weighted by atomic mass is 28.4. The van der Waals surface area contributed by atoms with Crippen molar-refractivity contribution in [3.63, 3.8) is 0 Å². The minimum Gasteiger partial charge on any atom is -0.404 e. The summed E-state index contributed by atoms with van der Waals surface area (Å²) in [6.07, 6.45) is 11.0. The second-order valence-electron chi connectivity index (χ2n) is 11.8. The number of carbonyl (C=O) groups excluding carboxylic acids is 1. The Bertz CT molecular complexity index is 1150. The van der Waals surface area contributed by atoms with Crippen molar-refractivity contribution in [2.45, 2.75) is 58.3 Å². The molecule has 2 aliphatic carbocycles. The molecule has 1 heterocycles. The molecule has 1 fully saturated rings. The van der Waals surface area contributed by atoms with Crippen LogP contribution < -0.4 is 10.4 Å². The van der Waals surface area contributed by atoms with E-state index < -0.39 is 8.32 Å². The van der Waals surface area contributed by atoms with Crippen LogP contribution in [0.3, 0.4) is 0 Å². The van der Waals surface area contributed by atoms with Crippen LogP contribution in [0.25, 0.3) is 0 Å². The van der Waals surface area contributed by atoms with E-state index >= 15 is 0 Å². The lowest BCUT2D eigenvalue weighted by Crippen LogP contribution is -2.67. The number of benzene rings is 2. The molecule has 0 N–H and O–H groups in total. The molecule has 5 atom stereocenters. The Labute approximate surface area is 217 Å². The number of carbonyl (C=O) groups is 1. The van der Waals surface area contributed by atoms with Gasteiger partial charge in [0.25, 0.3) is 8.32 Å². The standard InChI is InChI=1S/C32H38O3Si/c1-23-13-12-20-32(5)27-19-18-24(35-29(27)21-28(33)30(23)32)22-34-36(31(2,3)4,25-14-8-6-9-15-25)26-16-10-7-11-17-26/h6-20,24,27,29-30H,21-22H2,1-5H3/t24-,27?,29?,30+,32-/m0/s1. The number of fused-ring (bicyclic) bond motifs is 3. The van der Waals surface area contributed by atoms with Crippen LogP contribution in [0.15, 0.2) is 96.6 Å². The van der Waals surface area contributed by atoms with Crippen molar-refractivity contribution in [2.24, 2.45) is 17.3 Å². The molecule has 5 rings (SSSR count). The van der Waals surface area contributed by atoms with Gasteiger partial charge in [0.15, 0.2) is 0 Å². The maximum absolute atomic E-state index is 13.2. The second-order valence-corrected chi connectivity index (χ2v) is 16.1. The highest BCUT2D eigenvalue weighted by Gasteiger charge is 2.54. The van der Waals surface area contributed by atoms with Gasteiger partial charge in [-0.15, -0.1) is 0 Å². The maximum Gasteiger partial charge on any atom is 0.261 e. The lowest BCUT2D eigenvalue weighted by molar-refractivity contribution is -0.143. The van der Waals surface area contributed by atoms with Crippen LogP contribution in [-0.2, 0) is 14.0 Å². The van der Waals surface area contributed by atoms with Gasteiger partial charge in [-0.05, 0) is 22.3 Å². The van der Waals surface area contributed by atoms with Gasteiger partial charge in [0.05, 0.1) is 18.8 Å². The smallest absolute Gasteiger partial charge is 0.261 e. The van der Waals surface area contributed by atoms with Gasteiger partial charge in [0.1, 0.15) is 5.78 Å². The number of ether oxygens (including phenoxy) is 1. The van der Waals surface area contributed by atoms with E-state index in [0.717, 1.165) is 5.57 Å². The second kappa shape index (κ2) is 9.40. The molecule has 0 aromatic heterocycles. The van der Waals surface area contributed by atoms with Crippen molar-refractivity contribution in [1.29, 1.82) is 0 Å². The zero-order valence-corrected chi connectivity index (χ0v) is 23.1. The summed E-state index contributed by atoms with van der Waals surface area (Å²) < 4.78 is 13.7. The van der Waals surface area contributed by atoms with Gasteiger partial charge in [-0.3, -0.25) is 4.79 Å². The van der Waals surface area contributed by atoms with Gasteiger partial charge in [-0.25, -0.2) is 0 Å². The third-order valence-electron chi connectivity index (χ3n) is 8.50. The van der Waals surface area contributed by atoms with E-state index in [1.54, 1.807) is 0 Å². The fourth-order valence-corrected chi connectivity index (χ4v) is 11.4. The van der Waals surface area contributed by atoms with Crippen molar-refractivity contribution in [2.75, 3.05) is 6.61 Å².